The van der Waals surface area contributed by atoms with Crippen molar-refractivity contribution in [1.82, 2.24) is 10.2 Å². The molecule has 1 unspecified atom stereocenters. The Morgan fingerprint density at radius 1 is 1.07 bits per heavy atom. The minimum atomic E-state index is -0.643. The normalized spacial score (nSPS) is 16.4. The van der Waals surface area contributed by atoms with Crippen LogP contribution in [0.25, 0.3) is 0 Å². The fourth-order valence-corrected chi connectivity index (χ4v) is 3.41. The monoisotopic (exact) mass is 365 g/mol. The van der Waals surface area contributed by atoms with Crippen molar-refractivity contribution in [3.8, 4) is 0 Å². The van der Waals surface area contributed by atoms with Gasteiger partial charge in [-0.1, -0.05) is 48.0 Å². The molecule has 1 aliphatic heterocycles. The Bertz CT molecular complexity index is 870. The molecule has 3 rings (SSSR count). The third kappa shape index (κ3) is 4.16. The van der Waals surface area contributed by atoms with Crippen molar-refractivity contribution in [3.63, 3.8) is 0 Å². The van der Waals surface area contributed by atoms with Crippen LogP contribution < -0.4 is 10.6 Å². The van der Waals surface area contributed by atoms with E-state index in [-0.39, 0.29) is 12.5 Å². The van der Waals surface area contributed by atoms with Crippen LogP contribution in [0, 0.1) is 20.8 Å². The van der Waals surface area contributed by atoms with Gasteiger partial charge < -0.3 is 10.6 Å². The zero-order valence-corrected chi connectivity index (χ0v) is 15.7. The van der Waals surface area contributed by atoms with Crippen molar-refractivity contribution < 1.29 is 14.4 Å². The molecule has 0 spiro atoms. The zero-order chi connectivity index (χ0) is 19.6. The molecular formula is C21H23N3O3. The van der Waals surface area contributed by atoms with Crippen LogP contribution in [0.1, 0.15) is 22.3 Å². The number of carbonyl (C=O) groups excluding carboxylic acids is 3. The van der Waals surface area contributed by atoms with E-state index < -0.39 is 18.0 Å². The van der Waals surface area contributed by atoms with Crippen molar-refractivity contribution >= 4 is 23.5 Å². The number of urea groups is 1. The second-order valence-corrected chi connectivity index (χ2v) is 6.94. The standard InChI is InChI=1S/C21H23N3O3/c1-13-9-14(2)19(15(3)10-13)23-18(25)12-24-20(26)17(22-21(24)27)11-16-7-5-4-6-8-16/h4-10,17H,11-12H2,1-3H3,(H,22,27)(H,23,25). The van der Waals surface area contributed by atoms with Crippen LogP contribution in [0.2, 0.25) is 0 Å². The number of aryl methyl sites for hydroxylation is 3. The second kappa shape index (κ2) is 7.61. The quantitative estimate of drug-likeness (QED) is 0.800. The number of nitrogens with one attached hydrogen (secondary N) is 2. The molecule has 0 radical (unpaired) electrons. The number of anilines is 1. The average molecular weight is 365 g/mol. The summed E-state index contributed by atoms with van der Waals surface area (Å²) in [6.07, 6.45) is 0.402. The van der Waals surface area contributed by atoms with E-state index in [1.807, 2.05) is 63.2 Å². The maximum atomic E-state index is 12.5. The largest absolute Gasteiger partial charge is 0.325 e. The highest BCUT2D eigenvalue weighted by Crippen LogP contribution is 2.22. The summed E-state index contributed by atoms with van der Waals surface area (Å²) in [5.41, 5.74) is 4.67. The molecule has 0 saturated carbocycles. The number of hydrogen-bond acceptors (Lipinski definition) is 3. The Morgan fingerprint density at radius 2 is 1.70 bits per heavy atom. The molecule has 2 aromatic carbocycles. The van der Waals surface area contributed by atoms with Gasteiger partial charge in [-0.15, -0.1) is 0 Å². The van der Waals surface area contributed by atoms with Crippen molar-refractivity contribution in [2.45, 2.75) is 33.2 Å². The summed E-state index contributed by atoms with van der Waals surface area (Å²) in [6, 6.07) is 12.2. The summed E-state index contributed by atoms with van der Waals surface area (Å²) < 4.78 is 0. The number of carbonyl (C=O) groups is 3. The van der Waals surface area contributed by atoms with E-state index in [0.29, 0.717) is 6.42 Å². The molecular weight excluding hydrogens is 342 g/mol. The van der Waals surface area contributed by atoms with Crippen LogP contribution in [0.5, 0.6) is 0 Å². The van der Waals surface area contributed by atoms with Crippen LogP contribution in [-0.4, -0.2) is 35.3 Å². The molecule has 0 aliphatic carbocycles. The summed E-state index contributed by atoms with van der Waals surface area (Å²) >= 11 is 0. The maximum Gasteiger partial charge on any atom is 0.325 e. The van der Waals surface area contributed by atoms with Gasteiger partial charge in [0, 0.05) is 12.1 Å². The topological polar surface area (TPSA) is 78.5 Å². The summed E-state index contributed by atoms with van der Waals surface area (Å²) in [4.78, 5) is 38.1. The van der Waals surface area contributed by atoms with Gasteiger partial charge in [0.15, 0.2) is 0 Å². The minimum Gasteiger partial charge on any atom is -0.325 e. The SMILES string of the molecule is Cc1cc(C)c(NC(=O)CN2C(=O)NC(Cc3ccccc3)C2=O)c(C)c1. The van der Waals surface area contributed by atoms with E-state index in [0.717, 1.165) is 32.8 Å². The van der Waals surface area contributed by atoms with E-state index in [4.69, 9.17) is 0 Å². The summed E-state index contributed by atoms with van der Waals surface area (Å²) in [7, 11) is 0. The summed E-state index contributed by atoms with van der Waals surface area (Å²) in [5, 5.41) is 5.48. The Balaban J connectivity index is 1.66. The molecule has 2 N–H and O–H groups in total. The second-order valence-electron chi connectivity index (χ2n) is 6.94. The molecule has 1 heterocycles. The highest BCUT2D eigenvalue weighted by atomic mass is 16.2. The van der Waals surface area contributed by atoms with E-state index in [9.17, 15) is 14.4 Å². The molecule has 4 amide bonds. The molecule has 1 fully saturated rings. The van der Waals surface area contributed by atoms with Crippen LogP contribution in [0.3, 0.4) is 0 Å². The molecule has 1 aliphatic rings. The lowest BCUT2D eigenvalue weighted by molar-refractivity contribution is -0.130. The van der Waals surface area contributed by atoms with E-state index in [1.54, 1.807) is 0 Å². The van der Waals surface area contributed by atoms with Crippen LogP contribution in [0.4, 0.5) is 10.5 Å². The lowest BCUT2D eigenvalue weighted by Crippen LogP contribution is -2.38. The third-order valence-electron chi connectivity index (χ3n) is 4.63. The molecule has 0 aromatic heterocycles. The van der Waals surface area contributed by atoms with Crippen molar-refractivity contribution in [2.75, 3.05) is 11.9 Å². The molecule has 0 bridgehead atoms. The Hall–Kier alpha value is -3.15. The van der Waals surface area contributed by atoms with Crippen molar-refractivity contribution in [1.29, 1.82) is 0 Å². The Morgan fingerprint density at radius 3 is 2.33 bits per heavy atom. The number of imide groups is 1. The van der Waals surface area contributed by atoms with Gasteiger partial charge >= 0.3 is 6.03 Å². The van der Waals surface area contributed by atoms with Crippen molar-refractivity contribution in [3.05, 3.63) is 64.7 Å². The number of amides is 4. The number of hydrogen-bond donors (Lipinski definition) is 2. The average Bonchev–Trinajstić information content (AvgIpc) is 2.86. The van der Waals surface area contributed by atoms with E-state index >= 15 is 0 Å². The number of nitrogens with zero attached hydrogens (tertiary/aromatic N) is 1. The van der Waals surface area contributed by atoms with Crippen LogP contribution in [-0.2, 0) is 16.0 Å². The molecule has 140 valence electrons. The first kappa shape index (κ1) is 18.6. The predicted molar refractivity (Wildman–Crippen MR) is 103 cm³/mol. The smallest absolute Gasteiger partial charge is 0.325 e. The highest BCUT2D eigenvalue weighted by molar-refractivity contribution is 6.08. The molecule has 6 nitrogen and oxygen atoms in total. The van der Waals surface area contributed by atoms with Crippen LogP contribution >= 0.6 is 0 Å². The molecule has 2 aromatic rings. The number of benzene rings is 2. The van der Waals surface area contributed by atoms with Gasteiger partial charge in [0.2, 0.25) is 5.91 Å². The Kier molecular flexibility index (Phi) is 5.26. The highest BCUT2D eigenvalue weighted by Gasteiger charge is 2.38. The van der Waals surface area contributed by atoms with Crippen LogP contribution in [0.15, 0.2) is 42.5 Å². The Labute approximate surface area is 158 Å². The van der Waals surface area contributed by atoms with E-state index in [1.165, 1.54) is 0 Å². The van der Waals surface area contributed by atoms with E-state index in [2.05, 4.69) is 10.6 Å². The van der Waals surface area contributed by atoms with Gasteiger partial charge in [-0.05, 0) is 37.5 Å². The van der Waals surface area contributed by atoms with Gasteiger partial charge in [-0.2, -0.15) is 0 Å². The summed E-state index contributed by atoms with van der Waals surface area (Å²) in [5.74, 6) is -0.773. The van der Waals surface area contributed by atoms with Gasteiger partial charge in [0.05, 0.1) is 0 Å². The summed E-state index contributed by atoms with van der Waals surface area (Å²) in [6.45, 7) is 5.52. The third-order valence-corrected chi connectivity index (χ3v) is 4.63. The van der Waals surface area contributed by atoms with Gasteiger partial charge in [0.25, 0.3) is 5.91 Å². The predicted octanol–water partition coefficient (Wildman–Crippen LogP) is 2.71. The first-order chi connectivity index (χ1) is 12.8. The molecule has 1 atom stereocenters. The molecule has 27 heavy (non-hydrogen) atoms. The maximum absolute atomic E-state index is 12.5. The minimum absolute atomic E-state index is 0.303. The first-order valence-corrected chi connectivity index (χ1v) is 8.88. The first-order valence-electron chi connectivity index (χ1n) is 8.88. The zero-order valence-electron chi connectivity index (χ0n) is 15.7. The van der Waals surface area contributed by atoms with Gasteiger partial charge in [-0.3, -0.25) is 14.5 Å². The number of rotatable bonds is 5. The van der Waals surface area contributed by atoms with Crippen molar-refractivity contribution in [2.24, 2.45) is 0 Å². The fraction of sp³-hybridized carbons (Fsp3) is 0.286. The fourth-order valence-electron chi connectivity index (χ4n) is 3.41. The molecule has 1 saturated heterocycles. The van der Waals surface area contributed by atoms with Gasteiger partial charge in [0.1, 0.15) is 12.6 Å². The lowest BCUT2D eigenvalue weighted by Gasteiger charge is -2.16. The lowest BCUT2D eigenvalue weighted by atomic mass is 10.1. The molecule has 6 heteroatoms. The van der Waals surface area contributed by atoms with Gasteiger partial charge in [-0.25, -0.2) is 4.79 Å².